The van der Waals surface area contributed by atoms with Gasteiger partial charge in [-0.05, 0) is 25.8 Å². The maximum atomic E-state index is 13.5. The highest BCUT2D eigenvalue weighted by Gasteiger charge is 2.30. The molecule has 0 saturated heterocycles. The van der Waals surface area contributed by atoms with Gasteiger partial charge in [0.15, 0.2) is 11.6 Å². The van der Waals surface area contributed by atoms with Gasteiger partial charge >= 0.3 is 5.69 Å². The monoisotopic (exact) mass is 284 g/mol. The quantitative estimate of drug-likeness (QED) is 0.661. The Morgan fingerprint density at radius 3 is 2.80 bits per heavy atom. The molecule has 2 unspecified atom stereocenters. The highest BCUT2D eigenvalue weighted by atomic mass is 19.1. The standard InChI is InChI=1S/C13H17FN2O4/c1-19-12-6-13(10(16(17)18)5-9(12)14)20-11-4-2-3-8(11)7-15/h5-6,8,11H,2-4,7,15H2,1H3. The van der Waals surface area contributed by atoms with E-state index in [1.165, 1.54) is 13.2 Å². The van der Waals surface area contributed by atoms with Gasteiger partial charge in [0.05, 0.1) is 18.1 Å². The van der Waals surface area contributed by atoms with Crippen LogP contribution in [0.3, 0.4) is 0 Å². The number of ether oxygens (including phenoxy) is 2. The molecule has 1 saturated carbocycles. The van der Waals surface area contributed by atoms with Crippen molar-refractivity contribution in [1.82, 2.24) is 0 Å². The number of benzene rings is 1. The van der Waals surface area contributed by atoms with E-state index in [1.807, 2.05) is 0 Å². The third-order valence-electron chi connectivity index (χ3n) is 3.60. The molecule has 1 aromatic carbocycles. The lowest BCUT2D eigenvalue weighted by atomic mass is 10.1. The fraction of sp³-hybridized carbons (Fsp3) is 0.538. The third kappa shape index (κ3) is 2.82. The van der Waals surface area contributed by atoms with Crippen LogP contribution in [0.5, 0.6) is 11.5 Å². The molecule has 1 aliphatic rings. The number of nitrogens with two attached hydrogens (primary N) is 1. The molecule has 2 N–H and O–H groups in total. The number of methoxy groups -OCH3 is 1. The highest BCUT2D eigenvalue weighted by Crippen LogP contribution is 2.37. The van der Waals surface area contributed by atoms with Crippen molar-refractivity contribution in [3.63, 3.8) is 0 Å². The van der Waals surface area contributed by atoms with Crippen molar-refractivity contribution < 1.29 is 18.8 Å². The maximum Gasteiger partial charge on any atom is 0.314 e. The number of rotatable bonds is 5. The molecule has 6 nitrogen and oxygen atoms in total. The molecule has 7 heteroatoms. The topological polar surface area (TPSA) is 87.6 Å². The molecule has 0 aliphatic heterocycles. The second-order valence-corrected chi connectivity index (χ2v) is 4.79. The average Bonchev–Trinajstić information content (AvgIpc) is 2.87. The summed E-state index contributed by atoms with van der Waals surface area (Å²) < 4.78 is 24.1. The molecule has 20 heavy (non-hydrogen) atoms. The number of nitro benzene ring substituents is 1. The summed E-state index contributed by atoms with van der Waals surface area (Å²) in [5.74, 6) is -0.662. The Balaban J connectivity index is 2.31. The molecule has 2 rings (SSSR count). The maximum absolute atomic E-state index is 13.5. The van der Waals surface area contributed by atoms with Gasteiger partial charge in [-0.1, -0.05) is 0 Å². The molecule has 0 radical (unpaired) electrons. The van der Waals surface area contributed by atoms with Crippen LogP contribution < -0.4 is 15.2 Å². The second kappa shape index (κ2) is 6.04. The number of hydrogen-bond donors (Lipinski definition) is 1. The van der Waals surface area contributed by atoms with Crippen LogP contribution in [0.4, 0.5) is 10.1 Å². The Labute approximate surface area is 115 Å². The number of halogens is 1. The predicted octanol–water partition coefficient (Wildman–Crippen LogP) is 2.25. The summed E-state index contributed by atoms with van der Waals surface area (Å²) in [5, 5.41) is 11.0. The van der Waals surface area contributed by atoms with Crippen LogP contribution in [0.2, 0.25) is 0 Å². The molecule has 1 aromatic rings. The summed E-state index contributed by atoms with van der Waals surface area (Å²) in [6, 6.07) is 2.04. The largest absolute Gasteiger partial charge is 0.494 e. The zero-order chi connectivity index (χ0) is 14.7. The number of nitrogens with zero attached hydrogens (tertiary/aromatic N) is 1. The normalized spacial score (nSPS) is 21.8. The minimum Gasteiger partial charge on any atom is -0.494 e. The molecule has 2 atom stereocenters. The van der Waals surface area contributed by atoms with Crippen LogP contribution in [0, 0.1) is 21.8 Å². The van der Waals surface area contributed by atoms with E-state index in [9.17, 15) is 14.5 Å². The van der Waals surface area contributed by atoms with Crippen molar-refractivity contribution in [2.24, 2.45) is 11.7 Å². The van der Waals surface area contributed by atoms with Gasteiger partial charge in [-0.3, -0.25) is 10.1 Å². The van der Waals surface area contributed by atoms with Crippen LogP contribution in [0.15, 0.2) is 12.1 Å². The summed E-state index contributed by atoms with van der Waals surface area (Å²) >= 11 is 0. The van der Waals surface area contributed by atoms with Gasteiger partial charge in [-0.15, -0.1) is 0 Å². The van der Waals surface area contributed by atoms with Gasteiger partial charge < -0.3 is 15.2 Å². The van der Waals surface area contributed by atoms with E-state index in [2.05, 4.69) is 0 Å². The van der Waals surface area contributed by atoms with E-state index in [4.69, 9.17) is 15.2 Å². The van der Waals surface area contributed by atoms with E-state index < -0.39 is 16.4 Å². The first-order chi connectivity index (χ1) is 9.56. The lowest BCUT2D eigenvalue weighted by Gasteiger charge is -2.20. The average molecular weight is 284 g/mol. The van der Waals surface area contributed by atoms with Crippen molar-refractivity contribution >= 4 is 5.69 Å². The first-order valence-corrected chi connectivity index (χ1v) is 6.45. The Kier molecular flexibility index (Phi) is 4.39. The lowest BCUT2D eigenvalue weighted by molar-refractivity contribution is -0.386. The van der Waals surface area contributed by atoms with Crippen LogP contribution in [0.25, 0.3) is 0 Å². The zero-order valence-electron chi connectivity index (χ0n) is 11.2. The SMILES string of the molecule is COc1cc(OC2CCCC2CN)c([N+](=O)[O-])cc1F. The highest BCUT2D eigenvalue weighted by molar-refractivity contribution is 5.51. The molecular formula is C13H17FN2O4. The fourth-order valence-corrected chi connectivity index (χ4v) is 2.51. The van der Waals surface area contributed by atoms with Crippen molar-refractivity contribution in [3.8, 4) is 11.5 Å². The van der Waals surface area contributed by atoms with Gasteiger partial charge in [-0.25, -0.2) is 4.39 Å². The smallest absolute Gasteiger partial charge is 0.314 e. The first-order valence-electron chi connectivity index (χ1n) is 6.45. The summed E-state index contributed by atoms with van der Waals surface area (Å²) in [4.78, 5) is 10.3. The number of hydrogen-bond acceptors (Lipinski definition) is 5. The summed E-state index contributed by atoms with van der Waals surface area (Å²) in [6.07, 6.45) is 2.53. The Hall–Kier alpha value is -1.89. The van der Waals surface area contributed by atoms with Crippen LogP contribution in [0.1, 0.15) is 19.3 Å². The van der Waals surface area contributed by atoms with Crippen molar-refractivity contribution in [3.05, 3.63) is 28.1 Å². The molecule has 0 bridgehead atoms. The molecule has 1 aliphatic carbocycles. The Morgan fingerprint density at radius 1 is 1.45 bits per heavy atom. The van der Waals surface area contributed by atoms with Gasteiger partial charge in [0, 0.05) is 12.0 Å². The van der Waals surface area contributed by atoms with Gasteiger partial charge in [0.2, 0.25) is 5.75 Å². The molecule has 0 aromatic heterocycles. The van der Waals surface area contributed by atoms with Crippen LogP contribution in [-0.4, -0.2) is 24.7 Å². The molecule has 110 valence electrons. The van der Waals surface area contributed by atoms with E-state index in [-0.39, 0.29) is 23.5 Å². The van der Waals surface area contributed by atoms with Crippen molar-refractivity contribution in [2.75, 3.05) is 13.7 Å². The predicted molar refractivity (Wildman–Crippen MR) is 70.4 cm³/mol. The van der Waals surface area contributed by atoms with Gasteiger partial charge in [0.25, 0.3) is 0 Å². The van der Waals surface area contributed by atoms with Crippen LogP contribution >= 0.6 is 0 Å². The molecular weight excluding hydrogens is 267 g/mol. The van der Waals surface area contributed by atoms with Crippen molar-refractivity contribution in [1.29, 1.82) is 0 Å². The minimum absolute atomic E-state index is 0.0265. The van der Waals surface area contributed by atoms with Crippen LogP contribution in [-0.2, 0) is 0 Å². The summed E-state index contributed by atoms with van der Waals surface area (Å²) in [5.41, 5.74) is 5.26. The first kappa shape index (κ1) is 14.5. The van der Waals surface area contributed by atoms with Gasteiger partial charge in [-0.2, -0.15) is 0 Å². The lowest BCUT2D eigenvalue weighted by Crippen LogP contribution is -2.27. The fourth-order valence-electron chi connectivity index (χ4n) is 2.51. The van der Waals surface area contributed by atoms with Crippen molar-refractivity contribution in [2.45, 2.75) is 25.4 Å². The Bertz CT molecular complexity index is 509. The molecule has 0 amide bonds. The Morgan fingerprint density at radius 2 is 2.20 bits per heavy atom. The minimum atomic E-state index is -0.784. The molecule has 0 spiro atoms. The second-order valence-electron chi connectivity index (χ2n) is 4.79. The zero-order valence-corrected chi connectivity index (χ0v) is 11.2. The summed E-state index contributed by atoms with van der Waals surface area (Å²) in [6.45, 7) is 0.469. The van der Waals surface area contributed by atoms with E-state index >= 15 is 0 Å². The molecule has 1 fully saturated rings. The molecule has 0 heterocycles. The van der Waals surface area contributed by atoms with E-state index in [0.717, 1.165) is 25.3 Å². The summed E-state index contributed by atoms with van der Waals surface area (Å²) in [7, 11) is 1.30. The number of nitro groups is 1. The third-order valence-corrected chi connectivity index (χ3v) is 3.60. The van der Waals surface area contributed by atoms with E-state index in [0.29, 0.717) is 6.54 Å². The van der Waals surface area contributed by atoms with Gasteiger partial charge in [0.1, 0.15) is 6.10 Å². The van der Waals surface area contributed by atoms with E-state index in [1.54, 1.807) is 0 Å².